The molecule has 3 rings (SSSR count). The zero-order chi connectivity index (χ0) is 13.5. The van der Waals surface area contributed by atoms with Gasteiger partial charge in [-0.3, -0.25) is 4.98 Å². The molecular weight excluding hydrogens is 284 g/mol. The van der Waals surface area contributed by atoms with E-state index in [1.165, 1.54) is 10.5 Å². The summed E-state index contributed by atoms with van der Waals surface area (Å²) in [7, 11) is -1.66. The fourth-order valence-corrected chi connectivity index (χ4v) is 5.92. The second-order valence-electron chi connectivity index (χ2n) is 5.02. The van der Waals surface area contributed by atoms with Crippen LogP contribution in [0.4, 0.5) is 0 Å². The highest BCUT2D eigenvalue weighted by atomic mass is 32.2. The molecule has 2 saturated heterocycles. The maximum Gasteiger partial charge on any atom is 0.244 e. The van der Waals surface area contributed by atoms with Gasteiger partial charge in [0, 0.05) is 43.1 Å². The lowest BCUT2D eigenvalue weighted by Gasteiger charge is -2.46. The zero-order valence-corrected chi connectivity index (χ0v) is 12.3. The third kappa shape index (κ3) is 2.29. The van der Waals surface area contributed by atoms with Crippen molar-refractivity contribution in [2.24, 2.45) is 0 Å². The third-order valence-electron chi connectivity index (χ3n) is 3.71. The van der Waals surface area contributed by atoms with E-state index in [2.05, 4.69) is 4.98 Å². The summed E-state index contributed by atoms with van der Waals surface area (Å²) in [5.41, 5.74) is 0. The zero-order valence-electron chi connectivity index (χ0n) is 10.7. The molecule has 0 aromatic carbocycles. The van der Waals surface area contributed by atoms with Crippen molar-refractivity contribution in [3.63, 3.8) is 0 Å². The lowest BCUT2D eigenvalue weighted by atomic mass is 9.96. The van der Waals surface area contributed by atoms with Gasteiger partial charge in [0.15, 0.2) is 0 Å². The highest BCUT2D eigenvalue weighted by Crippen LogP contribution is 2.47. The molecule has 1 aromatic heterocycles. The maximum atomic E-state index is 12.4. The average Bonchev–Trinajstić information content (AvgIpc) is 2.82. The highest BCUT2D eigenvalue weighted by Gasteiger charge is 2.53. The van der Waals surface area contributed by atoms with E-state index in [1.54, 1.807) is 25.4 Å². The van der Waals surface area contributed by atoms with Gasteiger partial charge in [0.05, 0.1) is 6.10 Å². The number of ether oxygens (including phenoxy) is 1. The molecule has 19 heavy (non-hydrogen) atoms. The number of thioether (sulfide) groups is 1. The molecule has 0 radical (unpaired) electrons. The van der Waals surface area contributed by atoms with Crippen LogP contribution in [0, 0.1) is 0 Å². The fourth-order valence-electron chi connectivity index (χ4n) is 2.59. The first-order valence-corrected chi connectivity index (χ1v) is 8.55. The summed E-state index contributed by atoms with van der Waals surface area (Å²) in [6.45, 7) is 1.16. The molecule has 0 saturated carbocycles. The van der Waals surface area contributed by atoms with Gasteiger partial charge in [-0.1, -0.05) is 0 Å². The molecule has 104 valence electrons. The highest BCUT2D eigenvalue weighted by molar-refractivity contribution is 8.01. The van der Waals surface area contributed by atoms with Gasteiger partial charge in [0.1, 0.15) is 4.90 Å². The van der Waals surface area contributed by atoms with Crippen LogP contribution in [0.2, 0.25) is 0 Å². The van der Waals surface area contributed by atoms with Gasteiger partial charge in [-0.05, 0) is 18.6 Å². The van der Waals surface area contributed by atoms with Crippen LogP contribution < -0.4 is 0 Å². The average molecular weight is 300 g/mol. The second-order valence-corrected chi connectivity index (χ2v) is 8.44. The summed E-state index contributed by atoms with van der Waals surface area (Å²) in [6, 6.07) is 3.24. The number of rotatable bonds is 3. The Kier molecular flexibility index (Phi) is 3.33. The third-order valence-corrected chi connectivity index (χ3v) is 7.06. The normalized spacial score (nSPS) is 26.5. The molecular formula is C12H16N2O3S2. The summed E-state index contributed by atoms with van der Waals surface area (Å²) in [5.74, 6) is 0.956. The summed E-state index contributed by atoms with van der Waals surface area (Å²) in [6.07, 6.45) is 4.17. The van der Waals surface area contributed by atoms with Crippen molar-refractivity contribution in [2.45, 2.75) is 22.2 Å². The van der Waals surface area contributed by atoms with Crippen LogP contribution >= 0.6 is 11.8 Å². The van der Waals surface area contributed by atoms with Gasteiger partial charge in [-0.2, -0.15) is 4.31 Å². The SMILES string of the molecule is CO[C@@H]1CSC2(C1)CN(S(=O)(=O)c1cccnc1)C2. The smallest absolute Gasteiger partial charge is 0.244 e. The number of methoxy groups -OCH3 is 1. The topological polar surface area (TPSA) is 59.5 Å². The summed E-state index contributed by atoms with van der Waals surface area (Å²) in [4.78, 5) is 4.15. The lowest BCUT2D eigenvalue weighted by molar-refractivity contribution is 0.0931. The monoisotopic (exact) mass is 300 g/mol. The number of aromatic nitrogens is 1. The van der Waals surface area contributed by atoms with E-state index in [0.29, 0.717) is 13.1 Å². The molecule has 7 heteroatoms. The van der Waals surface area contributed by atoms with E-state index in [4.69, 9.17) is 4.74 Å². The molecule has 3 heterocycles. The molecule has 2 aliphatic rings. The molecule has 0 aliphatic carbocycles. The minimum absolute atomic E-state index is 0.0654. The van der Waals surface area contributed by atoms with E-state index in [-0.39, 0.29) is 15.7 Å². The van der Waals surface area contributed by atoms with Crippen LogP contribution in [-0.2, 0) is 14.8 Å². The summed E-state index contributed by atoms with van der Waals surface area (Å²) < 4.78 is 31.7. The Morgan fingerprint density at radius 3 is 2.89 bits per heavy atom. The summed E-state index contributed by atoms with van der Waals surface area (Å²) in [5, 5.41) is 0. The first-order chi connectivity index (χ1) is 9.06. The van der Waals surface area contributed by atoms with E-state index in [1.807, 2.05) is 11.8 Å². The van der Waals surface area contributed by atoms with Gasteiger partial charge >= 0.3 is 0 Å². The van der Waals surface area contributed by atoms with Crippen LogP contribution in [0.3, 0.4) is 0 Å². The standard InChI is InChI=1S/C12H16N2O3S2/c1-17-10-5-12(18-7-10)8-14(9-12)19(15,16)11-3-2-4-13-6-11/h2-4,6,10H,5,7-9H2,1H3/t10-/m0/s1. The Morgan fingerprint density at radius 1 is 1.53 bits per heavy atom. The van der Waals surface area contributed by atoms with Gasteiger partial charge in [-0.15, -0.1) is 11.8 Å². The fraction of sp³-hybridized carbons (Fsp3) is 0.583. The van der Waals surface area contributed by atoms with Crippen molar-refractivity contribution in [1.82, 2.24) is 9.29 Å². The number of nitrogens with zero attached hydrogens (tertiary/aromatic N) is 2. The van der Waals surface area contributed by atoms with Crippen molar-refractivity contribution < 1.29 is 13.2 Å². The first kappa shape index (κ1) is 13.4. The van der Waals surface area contributed by atoms with Gasteiger partial charge in [-0.25, -0.2) is 8.42 Å². The molecule has 2 fully saturated rings. The van der Waals surface area contributed by atoms with Gasteiger partial charge in [0.2, 0.25) is 10.0 Å². The molecule has 1 atom stereocenters. The molecule has 1 spiro atoms. The Bertz CT molecular complexity index is 556. The predicted octanol–water partition coefficient (Wildman–Crippen LogP) is 0.977. The molecule has 0 unspecified atom stereocenters. The second kappa shape index (κ2) is 4.73. The van der Waals surface area contributed by atoms with Crippen LogP contribution in [0.25, 0.3) is 0 Å². The summed E-state index contributed by atoms with van der Waals surface area (Å²) >= 11 is 1.83. The molecule has 0 amide bonds. The Morgan fingerprint density at radius 2 is 2.32 bits per heavy atom. The van der Waals surface area contributed by atoms with Crippen LogP contribution in [-0.4, -0.2) is 54.5 Å². The minimum atomic E-state index is -3.37. The van der Waals surface area contributed by atoms with Gasteiger partial charge < -0.3 is 4.74 Å². The first-order valence-electron chi connectivity index (χ1n) is 6.13. The van der Waals surface area contributed by atoms with Crippen LogP contribution in [0.5, 0.6) is 0 Å². The largest absolute Gasteiger partial charge is 0.381 e. The predicted molar refractivity (Wildman–Crippen MR) is 73.6 cm³/mol. The van der Waals surface area contributed by atoms with E-state index >= 15 is 0 Å². The Labute approximate surface area is 117 Å². The number of pyridine rings is 1. The van der Waals surface area contributed by atoms with Gasteiger partial charge in [0.25, 0.3) is 0 Å². The molecule has 0 bridgehead atoms. The Balaban J connectivity index is 1.71. The molecule has 0 N–H and O–H groups in total. The number of sulfonamides is 1. The molecule has 1 aromatic rings. The molecule has 2 aliphatic heterocycles. The van der Waals surface area contributed by atoms with Crippen LogP contribution in [0.15, 0.2) is 29.4 Å². The van der Waals surface area contributed by atoms with Crippen molar-refractivity contribution in [1.29, 1.82) is 0 Å². The lowest BCUT2D eigenvalue weighted by Crippen LogP contribution is -2.60. The van der Waals surface area contributed by atoms with E-state index in [9.17, 15) is 8.42 Å². The molecule has 5 nitrogen and oxygen atoms in total. The quantitative estimate of drug-likeness (QED) is 0.833. The number of hydrogen-bond acceptors (Lipinski definition) is 5. The van der Waals surface area contributed by atoms with E-state index < -0.39 is 10.0 Å². The van der Waals surface area contributed by atoms with Crippen molar-refractivity contribution >= 4 is 21.8 Å². The van der Waals surface area contributed by atoms with Crippen LogP contribution in [0.1, 0.15) is 6.42 Å². The van der Waals surface area contributed by atoms with Crippen molar-refractivity contribution in [3.8, 4) is 0 Å². The number of hydrogen-bond donors (Lipinski definition) is 0. The Hall–Kier alpha value is -0.630. The van der Waals surface area contributed by atoms with Crippen molar-refractivity contribution in [2.75, 3.05) is 26.0 Å². The van der Waals surface area contributed by atoms with Crippen molar-refractivity contribution in [3.05, 3.63) is 24.5 Å². The maximum absolute atomic E-state index is 12.4. The van der Waals surface area contributed by atoms with E-state index in [0.717, 1.165) is 12.2 Å². The minimum Gasteiger partial charge on any atom is -0.381 e.